The van der Waals surface area contributed by atoms with Crippen molar-refractivity contribution in [2.24, 2.45) is 0 Å². The van der Waals surface area contributed by atoms with Crippen LogP contribution in [0.3, 0.4) is 0 Å². The first-order chi connectivity index (χ1) is 7.62. The van der Waals surface area contributed by atoms with E-state index in [9.17, 15) is 9.90 Å². The van der Waals surface area contributed by atoms with Crippen LogP contribution in [0, 0.1) is 0 Å². The average Bonchev–Trinajstić information content (AvgIpc) is 2.82. The summed E-state index contributed by atoms with van der Waals surface area (Å²) >= 11 is 1.33. The molecule has 0 aliphatic rings. The topological polar surface area (TPSA) is 50.2 Å². The molecule has 0 amide bonds. The number of thiophene rings is 1. The first-order valence-corrected chi connectivity index (χ1v) is 5.71. The molecule has 0 aliphatic heterocycles. The van der Waals surface area contributed by atoms with Crippen molar-refractivity contribution in [1.82, 2.24) is 4.98 Å². The molecule has 1 unspecified atom stereocenters. The number of hydrogen-bond donors (Lipinski definition) is 1. The molecule has 1 N–H and O–H groups in total. The molecule has 2 rings (SSSR count). The molecule has 2 heterocycles. The van der Waals surface area contributed by atoms with Crippen molar-refractivity contribution in [1.29, 1.82) is 0 Å². The van der Waals surface area contributed by atoms with E-state index in [0.29, 0.717) is 10.4 Å². The molecule has 3 nitrogen and oxygen atoms in total. The van der Waals surface area contributed by atoms with E-state index in [2.05, 4.69) is 4.98 Å². The van der Waals surface area contributed by atoms with Crippen molar-refractivity contribution in [3.05, 3.63) is 52.5 Å². The van der Waals surface area contributed by atoms with Gasteiger partial charge in [-0.3, -0.25) is 9.78 Å². The number of pyridine rings is 1. The third-order valence-corrected chi connectivity index (χ3v) is 3.30. The first kappa shape index (κ1) is 11.0. The van der Waals surface area contributed by atoms with Crippen LogP contribution in [0.15, 0.2) is 42.0 Å². The van der Waals surface area contributed by atoms with E-state index in [1.165, 1.54) is 18.3 Å². The summed E-state index contributed by atoms with van der Waals surface area (Å²) in [5.41, 5.74) is -0.936. The van der Waals surface area contributed by atoms with Gasteiger partial charge in [0.05, 0.1) is 4.88 Å². The highest BCUT2D eigenvalue weighted by Gasteiger charge is 2.33. The van der Waals surface area contributed by atoms with Crippen LogP contribution in [0.4, 0.5) is 0 Å². The zero-order valence-electron chi connectivity index (χ0n) is 8.75. The molecule has 1 atom stereocenters. The Morgan fingerprint density at radius 3 is 2.62 bits per heavy atom. The van der Waals surface area contributed by atoms with Crippen LogP contribution < -0.4 is 0 Å². The number of nitrogens with zero attached hydrogens (tertiary/aromatic N) is 1. The molecule has 0 spiro atoms. The molecule has 0 bridgehead atoms. The highest BCUT2D eigenvalue weighted by molar-refractivity contribution is 7.12. The van der Waals surface area contributed by atoms with Gasteiger partial charge in [-0.05, 0) is 36.1 Å². The van der Waals surface area contributed by atoms with Gasteiger partial charge in [-0.25, -0.2) is 0 Å². The van der Waals surface area contributed by atoms with E-state index in [1.54, 1.807) is 36.7 Å². The zero-order valence-corrected chi connectivity index (χ0v) is 9.57. The van der Waals surface area contributed by atoms with Crippen molar-refractivity contribution in [2.75, 3.05) is 0 Å². The summed E-state index contributed by atoms with van der Waals surface area (Å²) in [4.78, 5) is 16.5. The van der Waals surface area contributed by atoms with Gasteiger partial charge in [-0.2, -0.15) is 0 Å². The molecule has 4 heteroatoms. The van der Waals surface area contributed by atoms with E-state index in [0.717, 1.165) is 0 Å². The molecule has 0 saturated heterocycles. The predicted octanol–water partition coefficient (Wildman–Crippen LogP) is 2.23. The van der Waals surface area contributed by atoms with Gasteiger partial charge >= 0.3 is 0 Å². The fraction of sp³-hybridized carbons (Fsp3) is 0.167. The highest BCUT2D eigenvalue weighted by atomic mass is 32.1. The van der Waals surface area contributed by atoms with Crippen molar-refractivity contribution in [3.63, 3.8) is 0 Å². The van der Waals surface area contributed by atoms with Gasteiger partial charge in [0.25, 0.3) is 0 Å². The third-order valence-electron chi connectivity index (χ3n) is 2.43. The molecule has 0 aromatic carbocycles. The van der Waals surface area contributed by atoms with Crippen LogP contribution in [-0.2, 0) is 5.60 Å². The standard InChI is InChI=1S/C12H11NO2S/c1-12(15,9-4-6-13-7-5-9)11(14)10-3-2-8-16-10/h2-8,15H,1H3. The lowest BCUT2D eigenvalue weighted by atomic mass is 9.91. The summed E-state index contributed by atoms with van der Waals surface area (Å²) in [5, 5.41) is 12.1. The average molecular weight is 233 g/mol. The van der Waals surface area contributed by atoms with Gasteiger partial charge in [-0.1, -0.05) is 6.07 Å². The Morgan fingerprint density at radius 1 is 1.38 bits per heavy atom. The van der Waals surface area contributed by atoms with Gasteiger partial charge in [-0.15, -0.1) is 11.3 Å². The van der Waals surface area contributed by atoms with Crippen molar-refractivity contribution in [3.8, 4) is 0 Å². The van der Waals surface area contributed by atoms with E-state index in [4.69, 9.17) is 0 Å². The maximum atomic E-state index is 12.1. The van der Waals surface area contributed by atoms with E-state index >= 15 is 0 Å². The maximum absolute atomic E-state index is 12.1. The first-order valence-electron chi connectivity index (χ1n) is 4.83. The number of hydrogen-bond acceptors (Lipinski definition) is 4. The summed E-state index contributed by atoms with van der Waals surface area (Å²) in [6.07, 6.45) is 3.12. The van der Waals surface area contributed by atoms with Crippen molar-refractivity contribution in [2.45, 2.75) is 12.5 Å². The highest BCUT2D eigenvalue weighted by Crippen LogP contribution is 2.26. The van der Waals surface area contributed by atoms with Gasteiger partial charge in [0.1, 0.15) is 0 Å². The van der Waals surface area contributed by atoms with Gasteiger partial charge < -0.3 is 5.11 Å². The molecule has 0 saturated carbocycles. The number of aromatic nitrogens is 1. The summed E-state index contributed by atoms with van der Waals surface area (Å²) in [7, 11) is 0. The van der Waals surface area contributed by atoms with Crippen LogP contribution in [0.1, 0.15) is 22.2 Å². The molecule has 82 valence electrons. The van der Waals surface area contributed by atoms with Crippen molar-refractivity contribution >= 4 is 17.1 Å². The van der Waals surface area contributed by atoms with E-state index < -0.39 is 5.60 Å². The van der Waals surface area contributed by atoms with Crippen LogP contribution >= 0.6 is 11.3 Å². The lowest BCUT2D eigenvalue weighted by Crippen LogP contribution is -2.31. The Bertz CT molecular complexity index is 477. The fourth-order valence-corrected chi connectivity index (χ4v) is 2.22. The largest absolute Gasteiger partial charge is 0.377 e. The minimum atomic E-state index is -1.49. The smallest absolute Gasteiger partial charge is 0.208 e. The molecule has 0 fully saturated rings. The number of carbonyl (C=O) groups excluding carboxylic acids is 1. The Labute approximate surface area is 97.4 Å². The van der Waals surface area contributed by atoms with Crippen LogP contribution in [0.5, 0.6) is 0 Å². The van der Waals surface area contributed by atoms with Crippen molar-refractivity contribution < 1.29 is 9.90 Å². The lowest BCUT2D eigenvalue weighted by Gasteiger charge is -2.21. The minimum Gasteiger partial charge on any atom is -0.377 e. The third kappa shape index (κ3) is 1.89. The minimum absolute atomic E-state index is 0.284. The number of rotatable bonds is 3. The SMILES string of the molecule is CC(O)(C(=O)c1cccs1)c1ccncc1. The Kier molecular flexibility index (Phi) is 2.85. The van der Waals surface area contributed by atoms with E-state index in [1.807, 2.05) is 5.38 Å². The summed E-state index contributed by atoms with van der Waals surface area (Å²) < 4.78 is 0. The van der Waals surface area contributed by atoms with E-state index in [-0.39, 0.29) is 5.78 Å². The number of carbonyl (C=O) groups is 1. The number of Topliss-reactive ketones (excluding diaryl/α,β-unsaturated/α-hetero) is 1. The molecule has 0 radical (unpaired) electrons. The molecule has 16 heavy (non-hydrogen) atoms. The Balaban J connectivity index is 2.36. The molecular weight excluding hydrogens is 222 g/mol. The monoisotopic (exact) mass is 233 g/mol. The van der Waals surface area contributed by atoms with Crippen LogP contribution in [0.2, 0.25) is 0 Å². The van der Waals surface area contributed by atoms with Gasteiger partial charge in [0.2, 0.25) is 5.78 Å². The van der Waals surface area contributed by atoms with Gasteiger partial charge in [0, 0.05) is 12.4 Å². The summed E-state index contributed by atoms with van der Waals surface area (Å²) in [6, 6.07) is 6.79. The van der Waals surface area contributed by atoms with Crippen LogP contribution in [0.25, 0.3) is 0 Å². The molecule has 2 aromatic heterocycles. The maximum Gasteiger partial charge on any atom is 0.208 e. The second kappa shape index (κ2) is 4.15. The normalized spacial score (nSPS) is 14.4. The van der Waals surface area contributed by atoms with Gasteiger partial charge in [0.15, 0.2) is 5.60 Å². The number of aliphatic hydroxyl groups is 1. The second-order valence-electron chi connectivity index (χ2n) is 3.61. The predicted molar refractivity (Wildman–Crippen MR) is 62.5 cm³/mol. The fourth-order valence-electron chi connectivity index (χ4n) is 1.46. The molecule has 2 aromatic rings. The molecular formula is C12H11NO2S. The Hall–Kier alpha value is -1.52. The lowest BCUT2D eigenvalue weighted by molar-refractivity contribution is 0.0397. The quantitative estimate of drug-likeness (QED) is 0.827. The Morgan fingerprint density at radius 2 is 2.06 bits per heavy atom. The second-order valence-corrected chi connectivity index (χ2v) is 4.56. The van der Waals surface area contributed by atoms with Crippen LogP contribution in [-0.4, -0.2) is 15.9 Å². The summed E-state index contributed by atoms with van der Waals surface area (Å²) in [5.74, 6) is -0.284. The molecule has 0 aliphatic carbocycles. The summed E-state index contributed by atoms with van der Waals surface area (Å²) in [6.45, 7) is 1.50. The number of ketones is 1. The zero-order chi connectivity index (χ0) is 11.6.